The quantitative estimate of drug-likeness (QED) is 0.728. The fraction of sp³-hybridized carbons (Fsp3) is 1.00. The SMILES string of the molecule is CC1CC(NC(C)C2CCCCC2)C1. The van der Waals surface area contributed by atoms with Gasteiger partial charge in [0.2, 0.25) is 0 Å². The van der Waals surface area contributed by atoms with Crippen molar-refractivity contribution < 1.29 is 0 Å². The third kappa shape index (κ3) is 2.50. The monoisotopic (exact) mass is 195 g/mol. The van der Waals surface area contributed by atoms with Gasteiger partial charge in [-0.3, -0.25) is 0 Å². The average molecular weight is 195 g/mol. The van der Waals surface area contributed by atoms with Crippen molar-refractivity contribution in [2.75, 3.05) is 0 Å². The summed E-state index contributed by atoms with van der Waals surface area (Å²) in [4.78, 5) is 0. The molecule has 2 aliphatic rings. The van der Waals surface area contributed by atoms with E-state index in [1.54, 1.807) is 0 Å². The van der Waals surface area contributed by atoms with Gasteiger partial charge in [-0.15, -0.1) is 0 Å². The van der Waals surface area contributed by atoms with Gasteiger partial charge in [-0.1, -0.05) is 26.2 Å². The van der Waals surface area contributed by atoms with Gasteiger partial charge in [0.1, 0.15) is 0 Å². The van der Waals surface area contributed by atoms with E-state index in [-0.39, 0.29) is 0 Å². The molecule has 82 valence electrons. The van der Waals surface area contributed by atoms with Crippen molar-refractivity contribution in [3.63, 3.8) is 0 Å². The smallest absolute Gasteiger partial charge is 0.00747 e. The molecule has 1 heteroatoms. The van der Waals surface area contributed by atoms with E-state index >= 15 is 0 Å². The van der Waals surface area contributed by atoms with E-state index in [1.807, 2.05) is 0 Å². The Morgan fingerprint density at radius 1 is 1.07 bits per heavy atom. The minimum Gasteiger partial charge on any atom is -0.311 e. The molecule has 0 amide bonds. The lowest BCUT2D eigenvalue weighted by Gasteiger charge is -2.38. The highest BCUT2D eigenvalue weighted by Crippen LogP contribution is 2.30. The summed E-state index contributed by atoms with van der Waals surface area (Å²) >= 11 is 0. The third-order valence-electron chi connectivity index (χ3n) is 4.23. The molecule has 0 bridgehead atoms. The lowest BCUT2D eigenvalue weighted by molar-refractivity contribution is 0.186. The lowest BCUT2D eigenvalue weighted by Crippen LogP contribution is -2.47. The lowest BCUT2D eigenvalue weighted by atomic mass is 9.79. The van der Waals surface area contributed by atoms with Crippen molar-refractivity contribution in [2.45, 2.75) is 70.9 Å². The van der Waals surface area contributed by atoms with E-state index in [1.165, 1.54) is 44.9 Å². The summed E-state index contributed by atoms with van der Waals surface area (Å²) < 4.78 is 0. The molecule has 1 unspecified atom stereocenters. The first-order valence-corrected chi connectivity index (χ1v) is 6.51. The zero-order chi connectivity index (χ0) is 9.97. The summed E-state index contributed by atoms with van der Waals surface area (Å²) in [5.74, 6) is 1.95. The maximum atomic E-state index is 3.82. The van der Waals surface area contributed by atoms with Crippen molar-refractivity contribution in [1.82, 2.24) is 5.32 Å². The minimum absolute atomic E-state index is 0.771. The molecule has 0 aliphatic heterocycles. The first-order chi connectivity index (χ1) is 6.75. The van der Waals surface area contributed by atoms with Crippen LogP contribution in [0.25, 0.3) is 0 Å². The average Bonchev–Trinajstić information content (AvgIpc) is 2.17. The molecule has 0 spiro atoms. The summed E-state index contributed by atoms with van der Waals surface area (Å²) in [7, 11) is 0. The van der Waals surface area contributed by atoms with Gasteiger partial charge in [-0.25, -0.2) is 0 Å². The van der Waals surface area contributed by atoms with E-state index in [2.05, 4.69) is 19.2 Å². The number of hydrogen-bond acceptors (Lipinski definition) is 1. The van der Waals surface area contributed by atoms with Gasteiger partial charge in [-0.05, 0) is 44.4 Å². The van der Waals surface area contributed by atoms with Crippen LogP contribution in [0.15, 0.2) is 0 Å². The van der Waals surface area contributed by atoms with Crippen LogP contribution in [0.3, 0.4) is 0 Å². The largest absolute Gasteiger partial charge is 0.311 e. The summed E-state index contributed by atoms with van der Waals surface area (Å²) in [5, 5.41) is 3.82. The summed E-state index contributed by atoms with van der Waals surface area (Å²) in [6.07, 6.45) is 10.2. The summed E-state index contributed by atoms with van der Waals surface area (Å²) in [6, 6.07) is 1.62. The van der Waals surface area contributed by atoms with Crippen LogP contribution in [0.4, 0.5) is 0 Å². The normalized spacial score (nSPS) is 36.4. The van der Waals surface area contributed by atoms with E-state index < -0.39 is 0 Å². The Balaban J connectivity index is 1.69. The zero-order valence-electron chi connectivity index (χ0n) is 9.76. The molecule has 1 N–H and O–H groups in total. The van der Waals surface area contributed by atoms with Crippen LogP contribution < -0.4 is 5.32 Å². The molecule has 2 rings (SSSR count). The fourth-order valence-electron chi connectivity index (χ4n) is 3.18. The van der Waals surface area contributed by atoms with Crippen LogP contribution in [0.2, 0.25) is 0 Å². The molecule has 14 heavy (non-hydrogen) atoms. The topological polar surface area (TPSA) is 12.0 Å². The number of hydrogen-bond donors (Lipinski definition) is 1. The second-order valence-electron chi connectivity index (χ2n) is 5.63. The predicted molar refractivity (Wildman–Crippen MR) is 61.4 cm³/mol. The first kappa shape index (κ1) is 10.5. The molecule has 2 aliphatic carbocycles. The predicted octanol–water partition coefficient (Wildman–Crippen LogP) is 3.34. The van der Waals surface area contributed by atoms with Gasteiger partial charge >= 0.3 is 0 Å². The van der Waals surface area contributed by atoms with E-state index in [4.69, 9.17) is 0 Å². The molecule has 0 aromatic heterocycles. The molecule has 2 saturated carbocycles. The van der Waals surface area contributed by atoms with Crippen LogP contribution in [0, 0.1) is 11.8 Å². The Labute approximate surface area is 88.7 Å². The van der Waals surface area contributed by atoms with Gasteiger partial charge in [0, 0.05) is 12.1 Å². The molecule has 0 heterocycles. The van der Waals surface area contributed by atoms with Gasteiger partial charge in [0.15, 0.2) is 0 Å². The Hall–Kier alpha value is -0.0400. The molecule has 2 fully saturated rings. The van der Waals surface area contributed by atoms with E-state index in [9.17, 15) is 0 Å². The van der Waals surface area contributed by atoms with Gasteiger partial charge in [0.05, 0.1) is 0 Å². The van der Waals surface area contributed by atoms with Crippen LogP contribution in [0.1, 0.15) is 58.8 Å². The zero-order valence-corrected chi connectivity index (χ0v) is 9.76. The van der Waals surface area contributed by atoms with Crippen LogP contribution in [-0.4, -0.2) is 12.1 Å². The van der Waals surface area contributed by atoms with Crippen molar-refractivity contribution in [3.05, 3.63) is 0 Å². The molecule has 1 nitrogen and oxygen atoms in total. The first-order valence-electron chi connectivity index (χ1n) is 6.51. The van der Waals surface area contributed by atoms with Gasteiger partial charge < -0.3 is 5.32 Å². The highest BCUT2D eigenvalue weighted by Gasteiger charge is 2.28. The molecular weight excluding hydrogens is 170 g/mol. The molecular formula is C13H25N. The Morgan fingerprint density at radius 2 is 1.71 bits per heavy atom. The number of rotatable bonds is 3. The Kier molecular flexibility index (Phi) is 3.48. The van der Waals surface area contributed by atoms with Crippen molar-refractivity contribution >= 4 is 0 Å². The molecule has 1 atom stereocenters. The molecule has 0 saturated heterocycles. The van der Waals surface area contributed by atoms with Crippen LogP contribution in [-0.2, 0) is 0 Å². The Bertz CT molecular complexity index is 166. The standard InChI is InChI=1S/C13H25N/c1-10-8-13(9-10)14-11(2)12-6-4-3-5-7-12/h10-14H,3-9H2,1-2H3. The van der Waals surface area contributed by atoms with Gasteiger partial charge in [0.25, 0.3) is 0 Å². The van der Waals surface area contributed by atoms with E-state index in [0.717, 1.165) is 23.9 Å². The van der Waals surface area contributed by atoms with Crippen molar-refractivity contribution in [2.24, 2.45) is 11.8 Å². The highest BCUT2D eigenvalue weighted by atomic mass is 15.0. The third-order valence-corrected chi connectivity index (χ3v) is 4.23. The highest BCUT2D eigenvalue weighted by molar-refractivity contribution is 4.86. The maximum Gasteiger partial charge on any atom is 0.00747 e. The molecule has 0 aromatic rings. The molecule has 0 aromatic carbocycles. The second kappa shape index (κ2) is 4.65. The number of nitrogens with one attached hydrogen (secondary N) is 1. The Morgan fingerprint density at radius 3 is 2.29 bits per heavy atom. The minimum atomic E-state index is 0.771. The maximum absolute atomic E-state index is 3.82. The van der Waals surface area contributed by atoms with Gasteiger partial charge in [-0.2, -0.15) is 0 Å². The van der Waals surface area contributed by atoms with E-state index in [0.29, 0.717) is 0 Å². The van der Waals surface area contributed by atoms with Crippen LogP contribution >= 0.6 is 0 Å². The van der Waals surface area contributed by atoms with Crippen molar-refractivity contribution in [3.8, 4) is 0 Å². The second-order valence-corrected chi connectivity index (χ2v) is 5.63. The van der Waals surface area contributed by atoms with Crippen LogP contribution in [0.5, 0.6) is 0 Å². The van der Waals surface area contributed by atoms with Crippen molar-refractivity contribution in [1.29, 1.82) is 0 Å². The summed E-state index contributed by atoms with van der Waals surface area (Å²) in [6.45, 7) is 4.77. The molecule has 0 radical (unpaired) electrons. The summed E-state index contributed by atoms with van der Waals surface area (Å²) in [5.41, 5.74) is 0. The fourth-order valence-corrected chi connectivity index (χ4v) is 3.18.